The van der Waals surface area contributed by atoms with Gasteiger partial charge in [-0.25, -0.2) is 15.0 Å². The van der Waals surface area contributed by atoms with Crippen LogP contribution in [0.5, 0.6) is 0 Å². The van der Waals surface area contributed by atoms with E-state index in [1.165, 1.54) is 11.1 Å². The summed E-state index contributed by atoms with van der Waals surface area (Å²) in [7, 11) is 0. The third kappa shape index (κ3) is 4.21. The molecule has 0 spiro atoms. The van der Waals surface area contributed by atoms with Gasteiger partial charge in [0.05, 0.1) is 0 Å². The maximum Gasteiger partial charge on any atom is 0.164 e. The number of aromatic nitrogens is 3. The summed E-state index contributed by atoms with van der Waals surface area (Å²) >= 11 is 7.11. The summed E-state index contributed by atoms with van der Waals surface area (Å²) in [5.41, 5.74) is 5.22. The second-order valence-corrected chi connectivity index (χ2v) is 8.53. The van der Waals surface area contributed by atoms with Gasteiger partial charge in [0, 0.05) is 25.6 Å². The molecule has 5 heteroatoms. The number of nitrogens with zero attached hydrogens (tertiary/aromatic N) is 3. The molecule has 4 aromatic rings. The molecule has 0 unspecified atom stereocenters. The second-order valence-electron chi connectivity index (χ2n) is 6.70. The van der Waals surface area contributed by atoms with Crippen LogP contribution in [0.4, 0.5) is 0 Å². The van der Waals surface area contributed by atoms with Crippen LogP contribution in [0.25, 0.3) is 34.2 Å². The lowest BCUT2D eigenvalue weighted by molar-refractivity contribution is 1.07. The van der Waals surface area contributed by atoms with E-state index in [4.69, 9.17) is 15.0 Å². The number of hydrogen-bond acceptors (Lipinski definition) is 3. The van der Waals surface area contributed by atoms with Crippen molar-refractivity contribution in [2.75, 3.05) is 0 Å². The molecule has 0 saturated heterocycles. The molecule has 0 saturated carbocycles. The van der Waals surface area contributed by atoms with Gasteiger partial charge in [-0.3, -0.25) is 0 Å². The van der Waals surface area contributed by atoms with Crippen LogP contribution in [0.1, 0.15) is 11.1 Å². The van der Waals surface area contributed by atoms with Crippen molar-refractivity contribution in [2.45, 2.75) is 13.8 Å². The minimum atomic E-state index is 0.644. The van der Waals surface area contributed by atoms with E-state index in [0.717, 1.165) is 25.6 Å². The standard InChI is InChI=1S/C23H17Br2N3/c1-14-5-3-7-16(9-14)21-26-22(17-8-4-6-15(2)10-17)28-23(27-21)18-11-19(24)13-20(25)12-18/h3-13H,1-2H3. The van der Waals surface area contributed by atoms with Gasteiger partial charge in [-0.2, -0.15) is 0 Å². The zero-order valence-corrected chi connectivity index (χ0v) is 18.6. The van der Waals surface area contributed by atoms with E-state index in [1.807, 2.05) is 42.5 Å². The van der Waals surface area contributed by atoms with Gasteiger partial charge in [0.25, 0.3) is 0 Å². The Hall–Kier alpha value is -2.37. The fourth-order valence-corrected chi connectivity index (χ4v) is 4.31. The molecule has 1 aromatic heterocycles. The third-order valence-corrected chi connectivity index (χ3v) is 5.22. The Morgan fingerprint density at radius 1 is 0.536 bits per heavy atom. The third-order valence-electron chi connectivity index (χ3n) is 4.31. The quantitative estimate of drug-likeness (QED) is 0.307. The van der Waals surface area contributed by atoms with Crippen LogP contribution in [0.3, 0.4) is 0 Å². The summed E-state index contributed by atoms with van der Waals surface area (Å²) in [4.78, 5) is 14.3. The molecule has 0 atom stereocenters. The van der Waals surface area contributed by atoms with Crippen LogP contribution in [0.2, 0.25) is 0 Å². The van der Waals surface area contributed by atoms with Gasteiger partial charge in [0.2, 0.25) is 0 Å². The van der Waals surface area contributed by atoms with Crippen molar-refractivity contribution >= 4 is 31.9 Å². The Morgan fingerprint density at radius 2 is 0.964 bits per heavy atom. The highest BCUT2D eigenvalue weighted by Gasteiger charge is 2.13. The van der Waals surface area contributed by atoms with Crippen LogP contribution in [-0.4, -0.2) is 15.0 Å². The van der Waals surface area contributed by atoms with E-state index in [1.54, 1.807) is 0 Å². The molecule has 1 heterocycles. The molecule has 28 heavy (non-hydrogen) atoms. The Bertz CT molecular complexity index is 1090. The normalized spacial score (nSPS) is 10.9. The minimum absolute atomic E-state index is 0.644. The van der Waals surface area contributed by atoms with E-state index in [-0.39, 0.29) is 0 Å². The molecule has 0 radical (unpaired) electrons. The molecule has 4 rings (SSSR count). The van der Waals surface area contributed by atoms with Crippen molar-refractivity contribution in [1.82, 2.24) is 15.0 Å². The van der Waals surface area contributed by atoms with E-state index in [2.05, 4.69) is 70.0 Å². The largest absolute Gasteiger partial charge is 0.208 e. The van der Waals surface area contributed by atoms with E-state index in [0.29, 0.717) is 17.5 Å². The highest BCUT2D eigenvalue weighted by molar-refractivity contribution is 9.11. The fraction of sp³-hybridized carbons (Fsp3) is 0.0870. The Morgan fingerprint density at radius 3 is 1.39 bits per heavy atom. The van der Waals surface area contributed by atoms with Crippen LogP contribution in [0.15, 0.2) is 75.7 Å². The second kappa shape index (κ2) is 7.94. The summed E-state index contributed by atoms with van der Waals surface area (Å²) in [5.74, 6) is 1.98. The Kier molecular flexibility index (Phi) is 5.38. The van der Waals surface area contributed by atoms with E-state index < -0.39 is 0 Å². The van der Waals surface area contributed by atoms with Crippen molar-refractivity contribution in [1.29, 1.82) is 0 Å². The van der Waals surface area contributed by atoms with Gasteiger partial charge in [-0.05, 0) is 44.2 Å². The number of benzene rings is 3. The van der Waals surface area contributed by atoms with Gasteiger partial charge in [0.15, 0.2) is 17.5 Å². The van der Waals surface area contributed by atoms with Crippen molar-refractivity contribution < 1.29 is 0 Å². The van der Waals surface area contributed by atoms with E-state index in [9.17, 15) is 0 Å². The molecule has 0 aliphatic heterocycles. The predicted molar refractivity (Wildman–Crippen MR) is 121 cm³/mol. The first-order chi connectivity index (χ1) is 13.5. The lowest BCUT2D eigenvalue weighted by atomic mass is 10.1. The predicted octanol–water partition coefficient (Wildman–Crippen LogP) is 7.01. The minimum Gasteiger partial charge on any atom is -0.208 e. The molecule has 0 amide bonds. The first kappa shape index (κ1) is 19.0. The number of halogens is 2. The molecule has 0 N–H and O–H groups in total. The molecule has 3 nitrogen and oxygen atoms in total. The first-order valence-corrected chi connectivity index (χ1v) is 10.4. The molecule has 0 aliphatic carbocycles. The molecule has 3 aromatic carbocycles. The monoisotopic (exact) mass is 493 g/mol. The molecule has 0 aliphatic rings. The highest BCUT2D eigenvalue weighted by Crippen LogP contribution is 2.29. The summed E-state index contributed by atoms with van der Waals surface area (Å²) in [6.07, 6.45) is 0. The molecule has 138 valence electrons. The average Bonchev–Trinajstić information content (AvgIpc) is 2.67. The Labute approximate surface area is 181 Å². The van der Waals surface area contributed by atoms with Crippen molar-refractivity contribution in [3.05, 3.63) is 86.8 Å². The van der Waals surface area contributed by atoms with Crippen LogP contribution >= 0.6 is 31.9 Å². The zero-order chi connectivity index (χ0) is 19.7. The molecular weight excluding hydrogens is 478 g/mol. The smallest absolute Gasteiger partial charge is 0.164 e. The van der Waals surface area contributed by atoms with Crippen molar-refractivity contribution in [2.24, 2.45) is 0 Å². The maximum absolute atomic E-state index is 4.78. The Balaban J connectivity index is 1.95. The SMILES string of the molecule is Cc1cccc(-c2nc(-c3cccc(C)c3)nc(-c3cc(Br)cc(Br)c3)n2)c1. The van der Waals surface area contributed by atoms with Crippen LogP contribution < -0.4 is 0 Å². The average molecular weight is 495 g/mol. The zero-order valence-electron chi connectivity index (χ0n) is 15.4. The van der Waals surface area contributed by atoms with Crippen molar-refractivity contribution in [3.63, 3.8) is 0 Å². The van der Waals surface area contributed by atoms with Gasteiger partial charge < -0.3 is 0 Å². The summed E-state index contributed by atoms with van der Waals surface area (Å²) in [5, 5.41) is 0. The van der Waals surface area contributed by atoms with Gasteiger partial charge >= 0.3 is 0 Å². The molecule has 0 fully saturated rings. The first-order valence-electron chi connectivity index (χ1n) is 8.84. The van der Waals surface area contributed by atoms with Crippen LogP contribution in [0, 0.1) is 13.8 Å². The summed E-state index contributed by atoms with van der Waals surface area (Å²) < 4.78 is 1.93. The number of rotatable bonds is 3. The van der Waals surface area contributed by atoms with E-state index >= 15 is 0 Å². The van der Waals surface area contributed by atoms with Gasteiger partial charge in [-0.15, -0.1) is 0 Å². The number of hydrogen-bond donors (Lipinski definition) is 0. The lowest BCUT2D eigenvalue weighted by Crippen LogP contribution is -2.00. The summed E-state index contributed by atoms with van der Waals surface area (Å²) in [6, 6.07) is 22.5. The fourth-order valence-electron chi connectivity index (χ4n) is 3.01. The maximum atomic E-state index is 4.78. The van der Waals surface area contributed by atoms with Crippen LogP contribution in [-0.2, 0) is 0 Å². The summed E-state index contributed by atoms with van der Waals surface area (Å²) in [6.45, 7) is 4.14. The van der Waals surface area contributed by atoms with Crippen molar-refractivity contribution in [3.8, 4) is 34.2 Å². The topological polar surface area (TPSA) is 38.7 Å². The van der Waals surface area contributed by atoms with Gasteiger partial charge in [0.1, 0.15) is 0 Å². The number of aryl methyl sites for hydroxylation is 2. The lowest BCUT2D eigenvalue weighted by Gasteiger charge is -2.10. The van der Waals surface area contributed by atoms with Gasteiger partial charge in [-0.1, -0.05) is 79.4 Å². The highest BCUT2D eigenvalue weighted by atomic mass is 79.9. The molecular formula is C23H17Br2N3. The molecule has 0 bridgehead atoms.